The molecule has 1 unspecified atom stereocenters. The van der Waals surface area contributed by atoms with Gasteiger partial charge in [-0.15, -0.1) is 0 Å². The normalized spacial score (nSPS) is 11.9. The Morgan fingerprint density at radius 1 is 0.378 bits per heavy atom. The fraction of sp³-hybridized carbons (Fsp3) is 0.919. The maximum Gasteiger partial charge on any atom is 0.228 e. The number of aliphatic hydroxyl groups is 3. The first-order chi connectivity index (χ1) is 41.9. The van der Waals surface area contributed by atoms with E-state index in [9.17, 15) is 33.9 Å². The third-order valence-corrected chi connectivity index (χ3v) is 14.9. The van der Waals surface area contributed by atoms with Crippen molar-refractivity contribution in [1.29, 1.82) is 0 Å². The smallest absolute Gasteiger partial charge is 0.228 e. The second-order valence-electron chi connectivity index (χ2n) is 29.9. The largest absolute Gasteiger partial charge is 0.396 e. The minimum absolute atomic E-state index is 0.00961. The van der Waals surface area contributed by atoms with Gasteiger partial charge < -0.3 is 49.7 Å². The third kappa shape index (κ3) is 62.3. The van der Waals surface area contributed by atoms with E-state index in [4.69, 9.17) is 19.7 Å². The molecule has 0 rings (SSSR count). The summed E-state index contributed by atoms with van der Waals surface area (Å²) in [6.07, 6.45) is 29.7. The van der Waals surface area contributed by atoms with Crippen molar-refractivity contribution in [2.24, 2.45) is 27.1 Å². The molecule has 5 amide bonds. The number of ketones is 1. The molecule has 0 aromatic carbocycles. The second-order valence-corrected chi connectivity index (χ2v) is 29.9. The number of Topliss-reactive ketones (excluding diaryl/α,β-unsaturated/α-hetero) is 1. The maximum absolute atomic E-state index is 12.5. The minimum Gasteiger partial charge on any atom is -0.396 e. The van der Waals surface area contributed by atoms with E-state index in [0.717, 1.165) is 77.7 Å². The fourth-order valence-electron chi connectivity index (χ4n) is 8.99. The molecule has 16 nitrogen and oxygen atoms in total. The van der Waals surface area contributed by atoms with Crippen molar-refractivity contribution in [1.82, 2.24) is 24.9 Å². The molecule has 0 aliphatic rings. The Labute approximate surface area is 556 Å². The Hall–Kier alpha value is -3.18. The monoisotopic (exact) mass is 1290 g/mol. The lowest BCUT2D eigenvalue weighted by Gasteiger charge is -2.29. The number of rotatable bonds is 44. The van der Waals surface area contributed by atoms with Crippen LogP contribution in [0.5, 0.6) is 0 Å². The first kappa shape index (κ1) is 95.5. The average Bonchev–Trinajstić information content (AvgIpc) is 2.46. The Morgan fingerprint density at radius 3 is 1.02 bits per heavy atom. The minimum atomic E-state index is -0.386. The molecule has 538 valence electrons. The summed E-state index contributed by atoms with van der Waals surface area (Å²) in [6.45, 7) is 49.2. The van der Waals surface area contributed by atoms with Crippen LogP contribution < -0.4 is 5.32 Å². The maximum atomic E-state index is 12.5. The first-order valence-electron chi connectivity index (χ1n) is 35.8. The zero-order valence-corrected chi connectivity index (χ0v) is 63.3. The lowest BCUT2D eigenvalue weighted by atomic mass is 9.92. The molecule has 0 aromatic heterocycles. The summed E-state index contributed by atoms with van der Waals surface area (Å²) in [6, 6.07) is 0. The number of nitrogens with one attached hydrogen (secondary N) is 1. The molecule has 0 aliphatic heterocycles. The van der Waals surface area contributed by atoms with Crippen molar-refractivity contribution in [3.63, 3.8) is 0 Å². The fourth-order valence-corrected chi connectivity index (χ4v) is 8.99. The molecule has 0 bridgehead atoms. The summed E-state index contributed by atoms with van der Waals surface area (Å²) >= 11 is 0. The Kier molecular flexibility index (Phi) is 62.0. The number of aliphatic hydroxyl groups excluding tert-OH is 3. The number of hydrogen-bond donors (Lipinski definition) is 4. The quantitative estimate of drug-likeness (QED) is 0.0422. The predicted octanol–water partition coefficient (Wildman–Crippen LogP) is 15.4. The molecule has 0 heterocycles. The standard InChI is InChI=1S/C19H39NO3.C18H36N2O2.C17H35NO3.C14H29NO2.C6H12O/c1-5-6-7-8-9-10-13-20(18(22)19(2,3)4)14-11-16-23-17-12-15-21;1-6-7-8-9-10-11-14-20(17(22)18(3,4)5)15-12-13-19-16(2)21;1-5-6-7-8-9-10-11-18(12-14-21-15-13-19)16(20)17(2,3)4;1-6-7-8-9-10-12(16)11-15(5)13(17)14(2,3)4;1-5(7)6(2,3)4/h21H,5-17H2,1-4H3;6-15H2,1-5H3,(H,19,21);19H,5-15H2,1-4H3;12,16H,6-11H2,1-5H3;1-4H3. The number of amides is 5. The Balaban J connectivity index is -0.000000345. The number of unbranched alkanes of at least 4 members (excludes halogenated alkanes) is 18. The molecule has 4 N–H and O–H groups in total. The van der Waals surface area contributed by atoms with Crippen LogP contribution in [0.2, 0.25) is 0 Å². The number of ether oxygens (including phenoxy) is 2. The number of carbonyl (C=O) groups excluding carboxylic acids is 6. The molecule has 0 fully saturated rings. The number of carbonyl (C=O) groups is 6. The molecule has 0 radical (unpaired) electrons. The molecule has 90 heavy (non-hydrogen) atoms. The Bertz CT molecular complexity index is 1710. The topological polar surface area (TPSA) is 207 Å². The van der Waals surface area contributed by atoms with Crippen molar-refractivity contribution < 1.29 is 53.6 Å². The van der Waals surface area contributed by atoms with Gasteiger partial charge in [0, 0.05) is 113 Å². The van der Waals surface area contributed by atoms with Crippen LogP contribution in [-0.4, -0.2) is 175 Å². The molecule has 0 saturated heterocycles. The highest BCUT2D eigenvalue weighted by Gasteiger charge is 2.30. The SMILES string of the molecule is CC(=O)C(C)(C)C.CCCCCCC(O)CN(C)C(=O)C(C)(C)C.CCCCCCCCN(CCCNC(C)=O)C(=O)C(C)(C)C.CCCCCCCCN(CCCOCCCO)C(=O)C(C)(C)C.CCCCCCCCN(CCOCCO)C(=O)C(C)(C)C. The van der Waals surface area contributed by atoms with Crippen molar-refractivity contribution in [2.75, 3.05) is 99.0 Å². The zero-order valence-electron chi connectivity index (χ0n) is 63.3. The molecular formula is C74H151N5O11. The molecule has 16 heteroatoms. The van der Waals surface area contributed by atoms with Crippen molar-refractivity contribution in [3.8, 4) is 0 Å². The van der Waals surface area contributed by atoms with Crippen LogP contribution in [0.4, 0.5) is 0 Å². The van der Waals surface area contributed by atoms with E-state index in [1.165, 1.54) is 122 Å². The van der Waals surface area contributed by atoms with E-state index in [2.05, 4.69) is 33.0 Å². The molecule has 1 atom stereocenters. The van der Waals surface area contributed by atoms with Gasteiger partial charge in [-0.2, -0.15) is 0 Å². The summed E-state index contributed by atoms with van der Waals surface area (Å²) in [7, 11) is 1.77. The predicted molar refractivity (Wildman–Crippen MR) is 379 cm³/mol. The number of likely N-dealkylation sites (N-methyl/N-ethyl adjacent to an activating group) is 1. The van der Waals surface area contributed by atoms with E-state index < -0.39 is 0 Å². The number of hydrogen-bond acceptors (Lipinski definition) is 11. The second kappa shape index (κ2) is 58.4. The summed E-state index contributed by atoms with van der Waals surface area (Å²) in [5.74, 6) is 0.955. The van der Waals surface area contributed by atoms with E-state index in [1.807, 2.05) is 119 Å². The molecule has 0 spiro atoms. The molecule has 0 aliphatic carbocycles. The van der Waals surface area contributed by atoms with Gasteiger partial charge >= 0.3 is 0 Å². The highest BCUT2D eigenvalue weighted by atomic mass is 16.5. The summed E-state index contributed by atoms with van der Waals surface area (Å²) in [4.78, 5) is 78.2. The number of nitrogens with zero attached hydrogens (tertiary/aromatic N) is 4. The van der Waals surface area contributed by atoms with Crippen LogP contribution >= 0.6 is 0 Å². The van der Waals surface area contributed by atoms with Crippen molar-refractivity contribution in [2.45, 2.75) is 318 Å². The molecule has 0 aromatic rings. The zero-order chi connectivity index (χ0) is 70.3. The van der Waals surface area contributed by atoms with Crippen LogP contribution in [-0.2, 0) is 38.2 Å². The Morgan fingerprint density at radius 2 is 0.689 bits per heavy atom. The first-order valence-corrected chi connectivity index (χ1v) is 35.8. The summed E-state index contributed by atoms with van der Waals surface area (Å²) < 4.78 is 10.8. The van der Waals surface area contributed by atoms with Gasteiger partial charge in [0.05, 0.1) is 25.9 Å². The summed E-state index contributed by atoms with van der Waals surface area (Å²) in [5, 5.41) is 30.1. The highest BCUT2D eigenvalue weighted by Crippen LogP contribution is 2.22. The lowest BCUT2D eigenvalue weighted by Crippen LogP contribution is -2.42. The highest BCUT2D eigenvalue weighted by molar-refractivity contribution is 5.83. The lowest BCUT2D eigenvalue weighted by molar-refractivity contribution is -0.140. The van der Waals surface area contributed by atoms with Gasteiger partial charge in [0.25, 0.3) is 0 Å². The van der Waals surface area contributed by atoms with Crippen LogP contribution in [0.3, 0.4) is 0 Å². The van der Waals surface area contributed by atoms with Gasteiger partial charge in [-0.25, -0.2) is 0 Å². The third-order valence-electron chi connectivity index (χ3n) is 14.9. The van der Waals surface area contributed by atoms with Gasteiger partial charge in [0.1, 0.15) is 5.78 Å². The van der Waals surface area contributed by atoms with Gasteiger partial charge in [-0.1, -0.05) is 254 Å². The van der Waals surface area contributed by atoms with Crippen LogP contribution in [0.25, 0.3) is 0 Å². The van der Waals surface area contributed by atoms with E-state index in [1.54, 1.807) is 18.9 Å². The van der Waals surface area contributed by atoms with Crippen LogP contribution in [0, 0.1) is 27.1 Å². The van der Waals surface area contributed by atoms with Gasteiger partial charge in [0.2, 0.25) is 29.5 Å². The van der Waals surface area contributed by atoms with Crippen molar-refractivity contribution >= 4 is 35.3 Å². The van der Waals surface area contributed by atoms with Gasteiger partial charge in [-0.05, 0) is 51.9 Å². The summed E-state index contributed by atoms with van der Waals surface area (Å²) in [5.41, 5.74) is -1.51. The van der Waals surface area contributed by atoms with E-state index in [0.29, 0.717) is 52.5 Å². The molecular weight excluding hydrogens is 1130 g/mol. The van der Waals surface area contributed by atoms with Crippen molar-refractivity contribution in [3.05, 3.63) is 0 Å². The van der Waals surface area contributed by atoms with E-state index in [-0.39, 0.29) is 81.7 Å². The van der Waals surface area contributed by atoms with Gasteiger partial charge in [-0.3, -0.25) is 28.8 Å². The van der Waals surface area contributed by atoms with E-state index >= 15 is 0 Å². The average molecular weight is 1290 g/mol. The van der Waals surface area contributed by atoms with Gasteiger partial charge in [0.15, 0.2) is 0 Å². The van der Waals surface area contributed by atoms with Crippen LogP contribution in [0.15, 0.2) is 0 Å². The van der Waals surface area contributed by atoms with Crippen LogP contribution in [0.1, 0.15) is 312 Å². The molecule has 0 saturated carbocycles.